The Kier molecular flexibility index (Phi) is 7.40. The van der Waals surface area contributed by atoms with Crippen molar-refractivity contribution in [1.29, 1.82) is 0 Å². The molecule has 2 N–H and O–H groups in total. The first-order valence-electron chi connectivity index (χ1n) is 11.0. The van der Waals surface area contributed by atoms with Crippen LogP contribution in [0.15, 0.2) is 4.99 Å². The molecule has 1 heterocycles. The van der Waals surface area contributed by atoms with E-state index < -0.39 is 0 Å². The van der Waals surface area contributed by atoms with Gasteiger partial charge >= 0.3 is 0 Å². The summed E-state index contributed by atoms with van der Waals surface area (Å²) in [5.74, 6) is 0.975. The minimum Gasteiger partial charge on any atom is -0.378 e. The van der Waals surface area contributed by atoms with Gasteiger partial charge in [-0.25, -0.2) is 0 Å². The van der Waals surface area contributed by atoms with Crippen LogP contribution in [-0.2, 0) is 9.47 Å². The molecular formula is C21H40N4O2. The Hall–Kier alpha value is -0.850. The third-order valence-corrected chi connectivity index (χ3v) is 6.76. The Bertz CT molecular complexity index is 485. The van der Waals surface area contributed by atoms with Crippen LogP contribution in [0.4, 0.5) is 0 Å². The maximum Gasteiger partial charge on any atom is 0.191 e. The highest BCUT2D eigenvalue weighted by Crippen LogP contribution is 2.57. The van der Waals surface area contributed by atoms with E-state index in [4.69, 9.17) is 9.47 Å². The van der Waals surface area contributed by atoms with Gasteiger partial charge in [0.2, 0.25) is 0 Å². The minimum absolute atomic E-state index is 0.325. The summed E-state index contributed by atoms with van der Waals surface area (Å²) in [5, 5.41) is 7.39. The molecule has 2 aliphatic carbocycles. The van der Waals surface area contributed by atoms with Crippen LogP contribution in [0.25, 0.3) is 0 Å². The van der Waals surface area contributed by atoms with E-state index in [9.17, 15) is 0 Å². The summed E-state index contributed by atoms with van der Waals surface area (Å²) in [6.07, 6.45) is 8.15. The number of hydrogen-bond acceptors (Lipinski definition) is 4. The van der Waals surface area contributed by atoms with Crippen LogP contribution in [0.5, 0.6) is 0 Å². The Morgan fingerprint density at radius 1 is 1.22 bits per heavy atom. The normalized spacial score (nSPS) is 28.9. The summed E-state index contributed by atoms with van der Waals surface area (Å²) in [5.41, 5.74) is 0.368. The lowest BCUT2D eigenvalue weighted by molar-refractivity contribution is -0.168. The van der Waals surface area contributed by atoms with Gasteiger partial charge in [0.1, 0.15) is 0 Å². The van der Waals surface area contributed by atoms with Crippen molar-refractivity contribution < 1.29 is 9.47 Å². The molecule has 6 heteroatoms. The molecule has 27 heavy (non-hydrogen) atoms. The van der Waals surface area contributed by atoms with Crippen molar-refractivity contribution >= 4 is 5.96 Å². The van der Waals surface area contributed by atoms with E-state index in [-0.39, 0.29) is 0 Å². The van der Waals surface area contributed by atoms with Crippen molar-refractivity contribution in [2.75, 3.05) is 39.9 Å². The highest BCUT2D eigenvalue weighted by atomic mass is 16.5. The number of likely N-dealkylation sites (tertiary alicyclic amines) is 1. The van der Waals surface area contributed by atoms with E-state index in [1.807, 2.05) is 7.05 Å². The molecule has 3 rings (SSSR count). The van der Waals surface area contributed by atoms with Crippen LogP contribution in [0.3, 0.4) is 0 Å². The van der Waals surface area contributed by atoms with Crippen molar-refractivity contribution in [3.63, 3.8) is 0 Å². The summed E-state index contributed by atoms with van der Waals surface area (Å²) in [6, 6.07) is 1.03. The number of ether oxygens (including phenoxy) is 2. The maximum atomic E-state index is 5.97. The molecular weight excluding hydrogens is 340 g/mol. The molecule has 6 nitrogen and oxygen atoms in total. The SMILES string of the molecule is CCOC1CC(NC(=NC)NC2CCN(CCOC(C)C)CC2)C12CCC2. The van der Waals surface area contributed by atoms with Gasteiger partial charge in [-0.1, -0.05) is 6.42 Å². The zero-order valence-electron chi connectivity index (χ0n) is 17.8. The summed E-state index contributed by atoms with van der Waals surface area (Å²) >= 11 is 0. The number of nitrogens with one attached hydrogen (secondary N) is 2. The molecule has 0 amide bonds. The Morgan fingerprint density at radius 3 is 2.52 bits per heavy atom. The number of piperidine rings is 1. The van der Waals surface area contributed by atoms with Crippen molar-refractivity contribution in [3.8, 4) is 0 Å². The molecule has 156 valence electrons. The summed E-state index contributed by atoms with van der Waals surface area (Å²) in [6.45, 7) is 11.3. The van der Waals surface area contributed by atoms with Gasteiger partial charge in [0.05, 0.1) is 18.8 Å². The van der Waals surface area contributed by atoms with Gasteiger partial charge in [-0.15, -0.1) is 0 Å². The highest BCUT2D eigenvalue weighted by molar-refractivity contribution is 5.80. The van der Waals surface area contributed by atoms with Gasteiger partial charge in [0, 0.05) is 50.8 Å². The highest BCUT2D eigenvalue weighted by Gasteiger charge is 2.59. The van der Waals surface area contributed by atoms with Gasteiger partial charge in [0.25, 0.3) is 0 Å². The molecule has 3 fully saturated rings. The smallest absolute Gasteiger partial charge is 0.191 e. The molecule has 1 spiro atoms. The average molecular weight is 381 g/mol. The predicted octanol–water partition coefficient (Wildman–Crippen LogP) is 2.39. The summed E-state index contributed by atoms with van der Waals surface area (Å²) < 4.78 is 11.7. The lowest BCUT2D eigenvalue weighted by Crippen LogP contribution is -2.69. The maximum absolute atomic E-state index is 5.97. The van der Waals surface area contributed by atoms with E-state index >= 15 is 0 Å². The fourth-order valence-electron chi connectivity index (χ4n) is 4.89. The fraction of sp³-hybridized carbons (Fsp3) is 0.952. The van der Waals surface area contributed by atoms with E-state index in [0.717, 1.165) is 45.2 Å². The van der Waals surface area contributed by atoms with Crippen LogP contribution in [0.2, 0.25) is 0 Å². The molecule has 2 atom stereocenters. The Balaban J connectivity index is 1.39. The molecule has 2 saturated carbocycles. The van der Waals surface area contributed by atoms with Gasteiger partial charge < -0.3 is 25.0 Å². The van der Waals surface area contributed by atoms with Crippen LogP contribution < -0.4 is 10.6 Å². The van der Waals surface area contributed by atoms with Crippen molar-refractivity contribution in [2.24, 2.45) is 10.4 Å². The number of hydrogen-bond donors (Lipinski definition) is 2. The van der Waals surface area contributed by atoms with Crippen LogP contribution in [-0.4, -0.2) is 75.0 Å². The van der Waals surface area contributed by atoms with Gasteiger partial charge in [0.15, 0.2) is 5.96 Å². The first-order chi connectivity index (χ1) is 13.1. The van der Waals surface area contributed by atoms with Crippen molar-refractivity contribution in [2.45, 2.75) is 83.6 Å². The van der Waals surface area contributed by atoms with Crippen LogP contribution in [0, 0.1) is 5.41 Å². The van der Waals surface area contributed by atoms with Gasteiger partial charge in [-0.3, -0.25) is 4.99 Å². The second-order valence-electron chi connectivity index (χ2n) is 8.72. The van der Waals surface area contributed by atoms with Crippen molar-refractivity contribution in [1.82, 2.24) is 15.5 Å². The zero-order chi connectivity index (χ0) is 19.3. The lowest BCUT2D eigenvalue weighted by atomic mass is 9.51. The average Bonchev–Trinajstić information content (AvgIpc) is 2.59. The zero-order valence-corrected chi connectivity index (χ0v) is 17.8. The topological polar surface area (TPSA) is 58.1 Å². The first kappa shape index (κ1) is 20.9. The molecule has 1 saturated heterocycles. The van der Waals surface area contributed by atoms with Crippen molar-refractivity contribution in [3.05, 3.63) is 0 Å². The third-order valence-electron chi connectivity index (χ3n) is 6.76. The van der Waals surface area contributed by atoms with Gasteiger partial charge in [-0.2, -0.15) is 0 Å². The molecule has 0 aromatic rings. The molecule has 0 bridgehead atoms. The fourth-order valence-corrected chi connectivity index (χ4v) is 4.89. The predicted molar refractivity (Wildman–Crippen MR) is 110 cm³/mol. The largest absolute Gasteiger partial charge is 0.378 e. The monoisotopic (exact) mass is 380 g/mol. The standard InChI is InChI=1S/C21H40N4O2/c1-5-26-19-15-18(21(19)9-6-10-21)24-20(22-4)23-17-7-11-25(12-8-17)13-14-27-16(2)3/h16-19H,5-15H2,1-4H3,(H2,22,23,24). The lowest BCUT2D eigenvalue weighted by Gasteiger charge is -2.61. The molecule has 1 aliphatic heterocycles. The third kappa shape index (κ3) is 4.96. The second-order valence-corrected chi connectivity index (χ2v) is 8.72. The Labute approximate surface area is 165 Å². The molecule has 0 radical (unpaired) electrons. The first-order valence-corrected chi connectivity index (χ1v) is 11.0. The second kappa shape index (κ2) is 9.57. The van der Waals surface area contributed by atoms with Crippen LogP contribution >= 0.6 is 0 Å². The van der Waals surface area contributed by atoms with Crippen LogP contribution in [0.1, 0.15) is 59.3 Å². The molecule has 3 aliphatic rings. The molecule has 0 aromatic carbocycles. The van der Waals surface area contributed by atoms with E-state index in [2.05, 4.69) is 41.3 Å². The number of nitrogens with zero attached hydrogens (tertiary/aromatic N) is 2. The summed E-state index contributed by atoms with van der Waals surface area (Å²) in [7, 11) is 1.89. The van der Waals surface area contributed by atoms with Gasteiger partial charge in [-0.05, 0) is 52.9 Å². The molecule has 2 unspecified atom stereocenters. The number of aliphatic imine (C=N–C) groups is 1. The quantitative estimate of drug-likeness (QED) is 0.500. The minimum atomic E-state index is 0.325. The van der Waals surface area contributed by atoms with E-state index in [1.54, 1.807) is 0 Å². The number of guanidine groups is 1. The Morgan fingerprint density at radius 2 is 1.96 bits per heavy atom. The van der Waals surface area contributed by atoms with E-state index in [1.165, 1.54) is 32.1 Å². The molecule has 0 aromatic heterocycles. The summed E-state index contributed by atoms with van der Waals surface area (Å²) in [4.78, 5) is 7.02. The van der Waals surface area contributed by atoms with E-state index in [0.29, 0.717) is 29.7 Å². The number of rotatable bonds is 8.